The topological polar surface area (TPSA) is 78.3 Å². The number of aromatic nitrogens is 3. The Morgan fingerprint density at radius 3 is 2.36 bits per heavy atom. The van der Waals surface area contributed by atoms with E-state index in [2.05, 4.69) is 10.4 Å². The highest BCUT2D eigenvalue weighted by Gasteiger charge is 2.20. The van der Waals surface area contributed by atoms with Gasteiger partial charge in [-0.25, -0.2) is 9.67 Å². The van der Waals surface area contributed by atoms with Crippen LogP contribution >= 0.6 is 0 Å². The van der Waals surface area contributed by atoms with E-state index < -0.39 is 0 Å². The fourth-order valence-electron chi connectivity index (χ4n) is 3.89. The lowest BCUT2D eigenvalue weighted by atomic mass is 10.0. The fraction of sp³-hybridized carbons (Fsp3) is 0.269. The van der Waals surface area contributed by atoms with Crippen LogP contribution in [-0.4, -0.2) is 34.9 Å². The summed E-state index contributed by atoms with van der Waals surface area (Å²) in [4.78, 5) is 18.4. The summed E-state index contributed by atoms with van der Waals surface area (Å²) >= 11 is 0. The molecular formula is C26H28N4O3. The van der Waals surface area contributed by atoms with E-state index in [-0.39, 0.29) is 11.9 Å². The predicted octanol–water partition coefficient (Wildman–Crippen LogP) is 5.57. The van der Waals surface area contributed by atoms with Crippen molar-refractivity contribution in [2.75, 3.05) is 19.5 Å². The molecule has 0 aliphatic carbocycles. The lowest BCUT2D eigenvalue weighted by Gasteiger charge is -2.15. The van der Waals surface area contributed by atoms with Gasteiger partial charge in [0.1, 0.15) is 0 Å². The average Bonchev–Trinajstić information content (AvgIpc) is 3.24. The van der Waals surface area contributed by atoms with Gasteiger partial charge in [0.05, 0.1) is 37.1 Å². The number of ether oxygens (including phenoxy) is 2. The fourth-order valence-corrected chi connectivity index (χ4v) is 3.89. The van der Waals surface area contributed by atoms with Crippen LogP contribution in [0.2, 0.25) is 0 Å². The van der Waals surface area contributed by atoms with E-state index in [1.807, 2.05) is 68.8 Å². The Morgan fingerprint density at radius 2 is 1.70 bits per heavy atom. The Morgan fingerprint density at radius 1 is 1.00 bits per heavy atom. The van der Waals surface area contributed by atoms with Crippen molar-refractivity contribution < 1.29 is 14.3 Å². The van der Waals surface area contributed by atoms with Gasteiger partial charge in [-0.3, -0.25) is 4.79 Å². The molecule has 0 fully saturated rings. The van der Waals surface area contributed by atoms with Crippen molar-refractivity contribution >= 4 is 22.6 Å². The highest BCUT2D eigenvalue weighted by molar-refractivity contribution is 6.13. The summed E-state index contributed by atoms with van der Waals surface area (Å²) < 4.78 is 12.6. The first-order valence-corrected chi connectivity index (χ1v) is 10.8. The van der Waals surface area contributed by atoms with Crippen LogP contribution in [0.1, 0.15) is 41.4 Å². The number of pyridine rings is 1. The molecule has 1 N–H and O–H groups in total. The second kappa shape index (κ2) is 8.94. The number of anilines is 1. The predicted molar refractivity (Wildman–Crippen MR) is 130 cm³/mol. The summed E-state index contributed by atoms with van der Waals surface area (Å²) in [6.07, 6.45) is 1.71. The lowest BCUT2D eigenvalue weighted by Crippen LogP contribution is -2.14. The molecule has 2 aromatic carbocycles. The monoisotopic (exact) mass is 444 g/mol. The van der Waals surface area contributed by atoms with Crippen LogP contribution in [0.25, 0.3) is 22.3 Å². The van der Waals surface area contributed by atoms with Crippen LogP contribution < -0.4 is 14.8 Å². The van der Waals surface area contributed by atoms with Crippen LogP contribution in [0, 0.1) is 13.8 Å². The molecule has 0 radical (unpaired) electrons. The van der Waals surface area contributed by atoms with E-state index >= 15 is 0 Å². The molecule has 1 amide bonds. The molecule has 0 aliphatic rings. The number of hydrogen-bond donors (Lipinski definition) is 1. The first-order valence-electron chi connectivity index (χ1n) is 10.8. The van der Waals surface area contributed by atoms with Crippen LogP contribution in [0.5, 0.6) is 11.5 Å². The first-order chi connectivity index (χ1) is 15.8. The van der Waals surface area contributed by atoms with Gasteiger partial charge < -0.3 is 14.8 Å². The summed E-state index contributed by atoms with van der Waals surface area (Å²) in [7, 11) is 3.16. The Bertz CT molecular complexity index is 1340. The van der Waals surface area contributed by atoms with Gasteiger partial charge in [0.15, 0.2) is 17.1 Å². The van der Waals surface area contributed by atoms with Gasteiger partial charge in [0.2, 0.25) is 0 Å². The number of carbonyl (C=O) groups excluding carboxylic acids is 1. The number of carbonyl (C=O) groups is 1. The Labute approximate surface area is 193 Å². The smallest absolute Gasteiger partial charge is 0.256 e. The van der Waals surface area contributed by atoms with Crippen molar-refractivity contribution in [2.45, 2.75) is 33.7 Å². The molecule has 2 heterocycles. The molecule has 0 spiro atoms. The standard InChI is InChI=1S/C26H28N4O3/c1-15(2)30-25-20(14-27-30)19(12-22(28-25)18-10-8-7-9-16(18)3)26(31)29-21-13-24(33-6)23(32-5)11-17(21)4/h7-15H,1-6H3,(H,29,31). The van der Waals surface area contributed by atoms with Crippen molar-refractivity contribution in [3.05, 3.63) is 65.4 Å². The molecular weight excluding hydrogens is 416 g/mol. The summed E-state index contributed by atoms with van der Waals surface area (Å²) in [5.74, 6) is 0.918. The number of fused-ring (bicyclic) bond motifs is 1. The maximum atomic E-state index is 13.5. The third-order valence-corrected chi connectivity index (χ3v) is 5.70. The normalized spacial score (nSPS) is 11.1. The van der Waals surface area contributed by atoms with Gasteiger partial charge in [0, 0.05) is 23.4 Å². The number of benzene rings is 2. The van der Waals surface area contributed by atoms with Gasteiger partial charge in [-0.1, -0.05) is 24.3 Å². The Kier molecular flexibility index (Phi) is 6.05. The van der Waals surface area contributed by atoms with E-state index in [0.717, 1.165) is 22.4 Å². The molecule has 4 aromatic rings. The van der Waals surface area contributed by atoms with E-state index in [1.165, 1.54) is 0 Å². The largest absolute Gasteiger partial charge is 0.493 e. The number of rotatable bonds is 6. The molecule has 4 rings (SSSR count). The molecule has 0 bridgehead atoms. The SMILES string of the molecule is COc1cc(C)c(NC(=O)c2cc(-c3ccccc3C)nc3c2cnn3C(C)C)cc1OC. The average molecular weight is 445 g/mol. The molecule has 0 unspecified atom stereocenters. The zero-order valence-electron chi connectivity index (χ0n) is 19.8. The van der Waals surface area contributed by atoms with Crippen molar-refractivity contribution in [3.63, 3.8) is 0 Å². The van der Waals surface area contributed by atoms with E-state index in [9.17, 15) is 4.79 Å². The van der Waals surface area contributed by atoms with Crippen LogP contribution in [-0.2, 0) is 0 Å². The number of hydrogen-bond acceptors (Lipinski definition) is 5. The lowest BCUT2D eigenvalue weighted by molar-refractivity contribution is 0.102. The van der Waals surface area contributed by atoms with Crippen LogP contribution in [0.4, 0.5) is 5.69 Å². The number of amides is 1. The molecule has 33 heavy (non-hydrogen) atoms. The summed E-state index contributed by atoms with van der Waals surface area (Å²) in [6, 6.07) is 13.6. The molecule has 0 saturated heterocycles. The second-order valence-electron chi connectivity index (χ2n) is 8.27. The molecule has 2 aromatic heterocycles. The number of methoxy groups -OCH3 is 2. The van der Waals surface area contributed by atoms with Crippen LogP contribution in [0.15, 0.2) is 48.7 Å². The van der Waals surface area contributed by atoms with Crippen molar-refractivity contribution in [1.29, 1.82) is 0 Å². The third-order valence-electron chi connectivity index (χ3n) is 5.70. The minimum atomic E-state index is -0.240. The zero-order chi connectivity index (χ0) is 23.7. The zero-order valence-corrected chi connectivity index (χ0v) is 19.8. The molecule has 7 nitrogen and oxygen atoms in total. The van der Waals surface area contributed by atoms with Crippen molar-refractivity contribution in [2.24, 2.45) is 0 Å². The van der Waals surface area contributed by atoms with Gasteiger partial charge in [-0.15, -0.1) is 0 Å². The highest BCUT2D eigenvalue weighted by atomic mass is 16.5. The summed E-state index contributed by atoms with van der Waals surface area (Å²) in [5.41, 5.74) is 5.50. The molecule has 0 atom stereocenters. The molecule has 7 heteroatoms. The molecule has 0 aliphatic heterocycles. The van der Waals surface area contributed by atoms with E-state index in [1.54, 1.807) is 26.5 Å². The Balaban J connectivity index is 1.85. The minimum absolute atomic E-state index is 0.103. The maximum Gasteiger partial charge on any atom is 0.256 e. The number of nitrogens with one attached hydrogen (secondary N) is 1. The van der Waals surface area contributed by atoms with Crippen molar-refractivity contribution in [1.82, 2.24) is 14.8 Å². The third kappa shape index (κ3) is 4.14. The molecule has 0 saturated carbocycles. The van der Waals surface area contributed by atoms with Gasteiger partial charge >= 0.3 is 0 Å². The van der Waals surface area contributed by atoms with Crippen molar-refractivity contribution in [3.8, 4) is 22.8 Å². The number of nitrogens with zero attached hydrogens (tertiary/aromatic N) is 3. The second-order valence-corrected chi connectivity index (χ2v) is 8.27. The first kappa shape index (κ1) is 22.3. The summed E-state index contributed by atoms with van der Waals surface area (Å²) in [6.45, 7) is 8.03. The van der Waals surface area contributed by atoms with Gasteiger partial charge in [-0.2, -0.15) is 5.10 Å². The Hall–Kier alpha value is -3.87. The van der Waals surface area contributed by atoms with E-state index in [4.69, 9.17) is 14.5 Å². The number of aryl methyl sites for hydroxylation is 2. The van der Waals surface area contributed by atoms with Gasteiger partial charge in [0.25, 0.3) is 5.91 Å². The summed E-state index contributed by atoms with van der Waals surface area (Å²) in [5, 5.41) is 8.25. The minimum Gasteiger partial charge on any atom is -0.493 e. The maximum absolute atomic E-state index is 13.5. The quantitative estimate of drug-likeness (QED) is 0.421. The van der Waals surface area contributed by atoms with E-state index in [0.29, 0.717) is 33.8 Å². The van der Waals surface area contributed by atoms with Gasteiger partial charge in [-0.05, 0) is 51.0 Å². The van der Waals surface area contributed by atoms with Crippen LogP contribution in [0.3, 0.4) is 0 Å². The highest BCUT2D eigenvalue weighted by Crippen LogP contribution is 2.34. The molecule has 170 valence electrons.